The second-order valence-corrected chi connectivity index (χ2v) is 5.43. The molecule has 23 heavy (non-hydrogen) atoms. The molecular formula is C21H24N2. The van der Waals surface area contributed by atoms with Gasteiger partial charge >= 0.3 is 0 Å². The van der Waals surface area contributed by atoms with E-state index in [9.17, 15) is 0 Å². The van der Waals surface area contributed by atoms with E-state index >= 15 is 0 Å². The Kier molecular flexibility index (Phi) is 6.99. The number of nitrogens with zero attached hydrogens (tertiary/aromatic N) is 2. The number of allylic oxidation sites excluding steroid dienone is 2. The highest BCUT2D eigenvalue weighted by atomic mass is 15.2. The fraction of sp³-hybridized carbons (Fsp3) is 0.238. The normalized spacial score (nSPS) is 11.9. The first-order valence-corrected chi connectivity index (χ1v) is 8.17. The fourth-order valence-corrected chi connectivity index (χ4v) is 2.23. The van der Waals surface area contributed by atoms with Crippen LogP contribution in [0.15, 0.2) is 70.9 Å². The average Bonchev–Trinajstić information content (AvgIpc) is 2.61. The summed E-state index contributed by atoms with van der Waals surface area (Å²) in [5.41, 5.74) is 4.82. The van der Waals surface area contributed by atoms with Crippen LogP contribution in [0.1, 0.15) is 42.5 Å². The van der Waals surface area contributed by atoms with Gasteiger partial charge in [0.2, 0.25) is 0 Å². The van der Waals surface area contributed by atoms with Crippen LogP contribution in [0.3, 0.4) is 0 Å². The lowest BCUT2D eigenvalue weighted by molar-refractivity contribution is 0.999. The molecule has 0 aliphatic rings. The smallest absolute Gasteiger partial charge is 0.0568 e. The molecule has 0 fully saturated rings. The summed E-state index contributed by atoms with van der Waals surface area (Å²) in [6.07, 6.45) is 11.1. The van der Waals surface area contributed by atoms with E-state index in [0.717, 1.165) is 30.4 Å². The van der Waals surface area contributed by atoms with Gasteiger partial charge in [-0.1, -0.05) is 67.6 Å². The Balaban J connectivity index is 1.87. The van der Waals surface area contributed by atoms with Gasteiger partial charge < -0.3 is 0 Å². The molecule has 0 aliphatic heterocycles. The van der Waals surface area contributed by atoms with Crippen molar-refractivity contribution in [2.75, 3.05) is 0 Å². The topological polar surface area (TPSA) is 24.7 Å². The van der Waals surface area contributed by atoms with Gasteiger partial charge in [0, 0.05) is 0 Å². The maximum atomic E-state index is 4.12. The van der Waals surface area contributed by atoms with Crippen molar-refractivity contribution < 1.29 is 0 Å². The molecule has 0 N–H and O–H groups in total. The van der Waals surface area contributed by atoms with E-state index in [-0.39, 0.29) is 0 Å². The lowest BCUT2D eigenvalue weighted by atomic mass is 10.1. The molecule has 0 atom stereocenters. The summed E-state index contributed by atoms with van der Waals surface area (Å²) in [4.78, 5) is 0. The Morgan fingerprint density at radius 1 is 0.783 bits per heavy atom. The molecule has 0 unspecified atom stereocenters. The molecule has 0 aromatic heterocycles. The second-order valence-electron chi connectivity index (χ2n) is 5.43. The summed E-state index contributed by atoms with van der Waals surface area (Å²) < 4.78 is 0. The molecule has 2 rings (SSSR count). The predicted molar refractivity (Wildman–Crippen MR) is 101 cm³/mol. The first kappa shape index (κ1) is 16.9. The zero-order valence-corrected chi connectivity index (χ0v) is 13.9. The maximum absolute atomic E-state index is 4.12. The zero-order valence-electron chi connectivity index (χ0n) is 13.9. The summed E-state index contributed by atoms with van der Waals surface area (Å²) in [7, 11) is 0. The van der Waals surface area contributed by atoms with Crippen molar-refractivity contribution >= 4 is 12.4 Å². The highest BCUT2D eigenvalue weighted by Gasteiger charge is 1.92. The Morgan fingerprint density at radius 2 is 1.30 bits per heavy atom. The molecular weight excluding hydrogens is 280 g/mol. The molecule has 0 radical (unpaired) electrons. The highest BCUT2D eigenvalue weighted by molar-refractivity contribution is 5.82. The van der Waals surface area contributed by atoms with Crippen LogP contribution in [0.5, 0.6) is 0 Å². The Morgan fingerprint density at radius 3 is 1.78 bits per heavy atom. The number of rotatable bonds is 7. The van der Waals surface area contributed by atoms with Crippen molar-refractivity contribution in [2.24, 2.45) is 10.2 Å². The minimum Gasteiger partial charge on any atom is -0.159 e. The van der Waals surface area contributed by atoms with Crippen LogP contribution in [0.2, 0.25) is 0 Å². The van der Waals surface area contributed by atoms with E-state index in [4.69, 9.17) is 0 Å². The molecule has 0 saturated heterocycles. The minimum atomic E-state index is 1.06. The first-order valence-electron chi connectivity index (χ1n) is 8.17. The fourth-order valence-electron chi connectivity index (χ4n) is 2.23. The van der Waals surface area contributed by atoms with Gasteiger partial charge in [-0.05, 0) is 48.4 Å². The molecule has 2 aromatic rings. The van der Waals surface area contributed by atoms with Crippen molar-refractivity contribution in [1.82, 2.24) is 0 Å². The Bertz CT molecular complexity index is 662. The molecule has 118 valence electrons. The second kappa shape index (κ2) is 9.52. The van der Waals surface area contributed by atoms with Crippen molar-refractivity contribution in [3.05, 3.63) is 82.9 Å². The molecule has 0 amide bonds. The largest absolute Gasteiger partial charge is 0.159 e. The molecule has 0 heterocycles. The molecule has 0 aliphatic carbocycles. The van der Waals surface area contributed by atoms with Gasteiger partial charge in [0.25, 0.3) is 0 Å². The molecule has 2 aromatic carbocycles. The summed E-state index contributed by atoms with van der Waals surface area (Å²) in [6, 6.07) is 16.8. The van der Waals surface area contributed by atoms with Crippen LogP contribution in [-0.4, -0.2) is 12.4 Å². The van der Waals surface area contributed by atoms with Gasteiger partial charge in [0.15, 0.2) is 0 Å². The van der Waals surface area contributed by atoms with Crippen molar-refractivity contribution in [1.29, 1.82) is 0 Å². The van der Waals surface area contributed by atoms with Gasteiger partial charge in [-0.2, -0.15) is 10.2 Å². The van der Waals surface area contributed by atoms with Crippen LogP contribution in [0.25, 0.3) is 0 Å². The van der Waals surface area contributed by atoms with E-state index in [1.54, 1.807) is 12.4 Å². The molecule has 0 spiro atoms. The minimum absolute atomic E-state index is 1.06. The van der Waals surface area contributed by atoms with Crippen LogP contribution < -0.4 is 0 Å². The molecule has 2 nitrogen and oxygen atoms in total. The quantitative estimate of drug-likeness (QED) is 0.381. The third-order valence-electron chi connectivity index (χ3n) is 3.68. The van der Waals surface area contributed by atoms with E-state index in [1.165, 1.54) is 11.1 Å². The van der Waals surface area contributed by atoms with Crippen LogP contribution >= 0.6 is 0 Å². The summed E-state index contributed by atoms with van der Waals surface area (Å²) >= 11 is 0. The zero-order chi connectivity index (χ0) is 16.3. The van der Waals surface area contributed by atoms with E-state index in [0.29, 0.717) is 0 Å². The van der Waals surface area contributed by atoms with E-state index in [2.05, 4.69) is 84.7 Å². The third kappa shape index (κ3) is 6.03. The van der Waals surface area contributed by atoms with Gasteiger partial charge in [0.05, 0.1) is 12.4 Å². The lowest BCUT2D eigenvalue weighted by Crippen LogP contribution is -1.86. The maximum Gasteiger partial charge on any atom is 0.0568 e. The number of hydrogen-bond acceptors (Lipinski definition) is 2. The van der Waals surface area contributed by atoms with Crippen molar-refractivity contribution in [3.63, 3.8) is 0 Å². The Hall–Kier alpha value is -2.48. The standard InChI is InChI=1S/C21H24N2/c1-3-5-6-7-19-10-14-21(15-11-19)17-23-22-16-20-12-8-18(4-2)9-13-20/h3,5,8-17H,4,6-7H2,1-2H3/b5-3+,22-16+,23-17+. The van der Waals surface area contributed by atoms with Crippen LogP contribution in [-0.2, 0) is 12.8 Å². The lowest BCUT2D eigenvalue weighted by Gasteiger charge is -1.98. The first-order chi connectivity index (χ1) is 11.3. The Labute approximate surface area is 139 Å². The van der Waals surface area contributed by atoms with E-state index < -0.39 is 0 Å². The number of aryl methyl sites for hydroxylation is 2. The summed E-state index contributed by atoms with van der Waals surface area (Å²) in [6.45, 7) is 4.21. The number of hydrogen-bond donors (Lipinski definition) is 0. The van der Waals surface area contributed by atoms with Crippen LogP contribution in [0, 0.1) is 0 Å². The average molecular weight is 304 g/mol. The van der Waals surface area contributed by atoms with E-state index in [1.807, 2.05) is 0 Å². The monoisotopic (exact) mass is 304 g/mol. The van der Waals surface area contributed by atoms with Crippen LogP contribution in [0.4, 0.5) is 0 Å². The summed E-state index contributed by atoms with van der Waals surface area (Å²) in [5.74, 6) is 0. The molecule has 0 bridgehead atoms. The third-order valence-corrected chi connectivity index (χ3v) is 3.68. The van der Waals surface area contributed by atoms with Gasteiger partial charge in [-0.25, -0.2) is 0 Å². The van der Waals surface area contributed by atoms with Gasteiger partial charge in [-0.3, -0.25) is 0 Å². The number of benzene rings is 2. The predicted octanol–water partition coefficient (Wildman–Crippen LogP) is 5.21. The molecule has 0 saturated carbocycles. The van der Waals surface area contributed by atoms with Crippen molar-refractivity contribution in [3.8, 4) is 0 Å². The summed E-state index contributed by atoms with van der Waals surface area (Å²) in [5, 5.41) is 8.23. The highest BCUT2D eigenvalue weighted by Crippen LogP contribution is 2.06. The molecule has 2 heteroatoms. The van der Waals surface area contributed by atoms with Gasteiger partial charge in [-0.15, -0.1) is 0 Å². The van der Waals surface area contributed by atoms with Crippen molar-refractivity contribution in [2.45, 2.75) is 33.1 Å². The SMILES string of the molecule is C/C=C/CCc1ccc(/C=N/N=C/c2ccc(CC)cc2)cc1. The van der Waals surface area contributed by atoms with Gasteiger partial charge in [0.1, 0.15) is 0 Å².